The molecule has 0 unspecified atom stereocenters. The summed E-state index contributed by atoms with van der Waals surface area (Å²) in [5.41, 5.74) is 3.23. The molecule has 0 saturated carbocycles. The predicted octanol–water partition coefficient (Wildman–Crippen LogP) is 3.04. The van der Waals surface area contributed by atoms with E-state index >= 15 is 0 Å². The largest absolute Gasteiger partial charge is 0.240 e. The first kappa shape index (κ1) is 14.8. The summed E-state index contributed by atoms with van der Waals surface area (Å²) in [5.74, 6) is 0. The Balaban J connectivity index is 2.08. The molecule has 0 saturated heterocycles. The molecule has 106 valence electrons. The minimum Gasteiger partial charge on any atom is -0.207 e. The Morgan fingerprint density at radius 1 is 0.900 bits per heavy atom. The molecular weight excluding hydrogens is 270 g/mol. The van der Waals surface area contributed by atoms with Crippen LogP contribution < -0.4 is 4.72 Å². The molecule has 0 spiro atoms. The average Bonchev–Trinajstić information content (AvgIpc) is 2.47. The van der Waals surface area contributed by atoms with Crippen molar-refractivity contribution in [3.63, 3.8) is 0 Å². The van der Waals surface area contributed by atoms with Crippen LogP contribution in [0.15, 0.2) is 53.4 Å². The fraction of sp³-hybridized carbons (Fsp3) is 0.250. The van der Waals surface area contributed by atoms with Crippen molar-refractivity contribution in [2.75, 3.05) is 0 Å². The highest BCUT2D eigenvalue weighted by molar-refractivity contribution is 7.89. The van der Waals surface area contributed by atoms with Crippen LogP contribution in [0.5, 0.6) is 0 Å². The second-order valence-corrected chi connectivity index (χ2v) is 6.57. The van der Waals surface area contributed by atoms with Gasteiger partial charge in [0.05, 0.1) is 4.90 Å². The minimum absolute atomic E-state index is 0.304. The van der Waals surface area contributed by atoms with Gasteiger partial charge in [-0.3, -0.25) is 0 Å². The van der Waals surface area contributed by atoms with E-state index in [0.717, 1.165) is 23.1 Å². The van der Waals surface area contributed by atoms with Gasteiger partial charge in [0.1, 0.15) is 0 Å². The average molecular weight is 289 g/mol. The van der Waals surface area contributed by atoms with Crippen LogP contribution in [0.3, 0.4) is 0 Å². The van der Waals surface area contributed by atoms with Gasteiger partial charge in [0.25, 0.3) is 0 Å². The first-order chi connectivity index (χ1) is 9.51. The number of rotatable bonds is 5. The van der Waals surface area contributed by atoms with Crippen LogP contribution in [0.1, 0.15) is 23.6 Å². The van der Waals surface area contributed by atoms with Crippen molar-refractivity contribution in [3.05, 3.63) is 65.2 Å². The van der Waals surface area contributed by atoms with E-state index in [0.29, 0.717) is 11.4 Å². The molecule has 0 radical (unpaired) electrons. The highest BCUT2D eigenvalue weighted by Gasteiger charge is 2.13. The van der Waals surface area contributed by atoms with Gasteiger partial charge < -0.3 is 0 Å². The molecule has 2 aromatic rings. The lowest BCUT2D eigenvalue weighted by molar-refractivity contribution is 0.581. The third kappa shape index (κ3) is 3.68. The lowest BCUT2D eigenvalue weighted by atomic mass is 10.2. The van der Waals surface area contributed by atoms with Gasteiger partial charge in [-0.2, -0.15) is 0 Å². The summed E-state index contributed by atoms with van der Waals surface area (Å²) in [7, 11) is -3.44. The SMILES string of the molecule is CCc1ccc(S(=O)(=O)NCc2ccc(C)cc2)cc1. The molecule has 0 atom stereocenters. The lowest BCUT2D eigenvalue weighted by Gasteiger charge is -2.08. The fourth-order valence-electron chi connectivity index (χ4n) is 1.87. The van der Waals surface area contributed by atoms with Crippen molar-refractivity contribution >= 4 is 10.0 Å². The molecule has 0 aliphatic carbocycles. The van der Waals surface area contributed by atoms with Crippen LogP contribution in [0, 0.1) is 6.92 Å². The zero-order valence-electron chi connectivity index (χ0n) is 11.8. The van der Waals surface area contributed by atoms with Gasteiger partial charge >= 0.3 is 0 Å². The lowest BCUT2D eigenvalue weighted by Crippen LogP contribution is -2.23. The molecule has 0 heterocycles. The molecule has 0 amide bonds. The molecule has 2 aromatic carbocycles. The number of benzene rings is 2. The molecule has 3 nitrogen and oxygen atoms in total. The molecule has 20 heavy (non-hydrogen) atoms. The standard InChI is InChI=1S/C16H19NO2S/c1-3-14-8-10-16(11-9-14)20(18,19)17-12-15-6-4-13(2)5-7-15/h4-11,17H,3,12H2,1-2H3. The van der Waals surface area contributed by atoms with Crippen LogP contribution in [0.25, 0.3) is 0 Å². The van der Waals surface area contributed by atoms with Crippen molar-refractivity contribution < 1.29 is 8.42 Å². The molecule has 0 aromatic heterocycles. The topological polar surface area (TPSA) is 46.2 Å². The monoisotopic (exact) mass is 289 g/mol. The van der Waals surface area contributed by atoms with Gasteiger partial charge in [0.2, 0.25) is 10.0 Å². The molecular formula is C16H19NO2S. The first-order valence-electron chi connectivity index (χ1n) is 6.65. The Hall–Kier alpha value is -1.65. The Morgan fingerprint density at radius 3 is 2.00 bits per heavy atom. The Bertz CT molecular complexity index is 659. The molecule has 2 rings (SSSR count). The minimum atomic E-state index is -3.44. The van der Waals surface area contributed by atoms with E-state index in [1.165, 1.54) is 0 Å². The van der Waals surface area contributed by atoms with Crippen LogP contribution in [-0.2, 0) is 23.0 Å². The summed E-state index contributed by atoms with van der Waals surface area (Å²) >= 11 is 0. The summed E-state index contributed by atoms with van der Waals surface area (Å²) in [6, 6.07) is 14.8. The van der Waals surface area contributed by atoms with Gasteiger partial charge in [-0.05, 0) is 36.6 Å². The smallest absolute Gasteiger partial charge is 0.207 e. The summed E-state index contributed by atoms with van der Waals surface area (Å²) in [4.78, 5) is 0.307. The maximum atomic E-state index is 12.2. The van der Waals surface area contributed by atoms with Gasteiger partial charge in [-0.1, -0.05) is 48.9 Å². The normalized spacial score (nSPS) is 11.5. The number of nitrogens with one attached hydrogen (secondary N) is 1. The number of sulfonamides is 1. The van der Waals surface area contributed by atoms with E-state index in [9.17, 15) is 8.42 Å². The van der Waals surface area contributed by atoms with Crippen molar-refractivity contribution in [2.45, 2.75) is 31.7 Å². The molecule has 0 fully saturated rings. The number of aryl methyl sites for hydroxylation is 2. The predicted molar refractivity (Wildman–Crippen MR) is 81.0 cm³/mol. The van der Waals surface area contributed by atoms with Gasteiger partial charge in [0, 0.05) is 6.54 Å². The van der Waals surface area contributed by atoms with Crippen molar-refractivity contribution in [3.8, 4) is 0 Å². The summed E-state index contributed by atoms with van der Waals surface area (Å²) in [5, 5.41) is 0. The van der Waals surface area contributed by atoms with Crippen LogP contribution in [0.4, 0.5) is 0 Å². The quantitative estimate of drug-likeness (QED) is 0.919. The zero-order valence-corrected chi connectivity index (χ0v) is 12.6. The van der Waals surface area contributed by atoms with Crippen LogP contribution in [-0.4, -0.2) is 8.42 Å². The van der Waals surface area contributed by atoms with Crippen LogP contribution in [0.2, 0.25) is 0 Å². The van der Waals surface area contributed by atoms with E-state index < -0.39 is 10.0 Å². The van der Waals surface area contributed by atoms with Crippen LogP contribution >= 0.6 is 0 Å². The molecule has 0 aliphatic heterocycles. The van der Waals surface area contributed by atoms with Gasteiger partial charge in [-0.15, -0.1) is 0 Å². The van der Waals surface area contributed by atoms with E-state index in [4.69, 9.17) is 0 Å². The third-order valence-electron chi connectivity index (χ3n) is 3.23. The first-order valence-corrected chi connectivity index (χ1v) is 8.14. The highest BCUT2D eigenvalue weighted by Crippen LogP contribution is 2.12. The molecule has 1 N–H and O–H groups in total. The Morgan fingerprint density at radius 2 is 1.45 bits per heavy atom. The summed E-state index contributed by atoms with van der Waals surface area (Å²) < 4.78 is 26.9. The van der Waals surface area contributed by atoms with E-state index in [-0.39, 0.29) is 0 Å². The maximum Gasteiger partial charge on any atom is 0.240 e. The van der Waals surface area contributed by atoms with Crippen molar-refractivity contribution in [1.82, 2.24) is 4.72 Å². The van der Waals surface area contributed by atoms with E-state index in [1.54, 1.807) is 12.1 Å². The Kier molecular flexibility index (Phi) is 4.57. The van der Waals surface area contributed by atoms with Gasteiger partial charge in [0.15, 0.2) is 0 Å². The number of hydrogen-bond acceptors (Lipinski definition) is 2. The molecule has 0 bridgehead atoms. The van der Waals surface area contributed by atoms with E-state index in [1.807, 2.05) is 50.2 Å². The summed E-state index contributed by atoms with van der Waals surface area (Å²) in [6.45, 7) is 4.35. The van der Waals surface area contributed by atoms with Crippen molar-refractivity contribution in [1.29, 1.82) is 0 Å². The second kappa shape index (κ2) is 6.20. The molecule has 4 heteroatoms. The fourth-order valence-corrected chi connectivity index (χ4v) is 2.89. The third-order valence-corrected chi connectivity index (χ3v) is 4.65. The van der Waals surface area contributed by atoms with Crippen molar-refractivity contribution in [2.24, 2.45) is 0 Å². The zero-order chi connectivity index (χ0) is 14.6. The number of hydrogen-bond donors (Lipinski definition) is 1. The highest BCUT2D eigenvalue weighted by atomic mass is 32.2. The van der Waals surface area contributed by atoms with Gasteiger partial charge in [-0.25, -0.2) is 13.1 Å². The second-order valence-electron chi connectivity index (χ2n) is 4.81. The summed E-state index contributed by atoms with van der Waals surface area (Å²) in [6.07, 6.45) is 0.900. The molecule has 0 aliphatic rings. The maximum absolute atomic E-state index is 12.2. The van der Waals surface area contributed by atoms with E-state index in [2.05, 4.69) is 4.72 Å². The Labute approximate surface area is 120 Å².